The van der Waals surface area contributed by atoms with Crippen molar-refractivity contribution in [1.82, 2.24) is 4.90 Å². The SMILES string of the molecule is CC(C)Oc1ccc(OC(F)(F)F)cc1C1COC2(CCC3CCC2(c2ccccc2)N3Cc2ccccc2)C1. The molecule has 0 saturated carbocycles. The Balaban J connectivity index is 1.40. The molecule has 3 aliphatic rings. The molecule has 4 nitrogen and oxygen atoms in total. The Labute approximate surface area is 234 Å². The van der Waals surface area contributed by atoms with Crippen molar-refractivity contribution < 1.29 is 27.4 Å². The monoisotopic (exact) mass is 551 g/mol. The van der Waals surface area contributed by atoms with Crippen LogP contribution in [0, 0.1) is 0 Å². The number of alkyl halides is 3. The number of fused-ring (bicyclic) bond motifs is 3. The smallest absolute Gasteiger partial charge is 0.491 e. The number of piperidine rings is 1. The summed E-state index contributed by atoms with van der Waals surface area (Å²) in [5.41, 5.74) is 2.43. The van der Waals surface area contributed by atoms with Crippen molar-refractivity contribution in [3.05, 3.63) is 95.6 Å². The average Bonchev–Trinajstić information content (AvgIpc) is 3.46. The topological polar surface area (TPSA) is 30.9 Å². The molecule has 3 aromatic rings. The van der Waals surface area contributed by atoms with Gasteiger partial charge >= 0.3 is 6.36 Å². The fraction of sp³-hybridized carbons (Fsp3) is 0.455. The van der Waals surface area contributed by atoms with E-state index in [0.29, 0.717) is 30.4 Å². The largest absolute Gasteiger partial charge is 0.573 e. The van der Waals surface area contributed by atoms with Crippen molar-refractivity contribution in [2.75, 3.05) is 6.61 Å². The lowest BCUT2D eigenvalue weighted by atomic mass is 9.66. The quantitative estimate of drug-likeness (QED) is 0.298. The molecule has 0 amide bonds. The summed E-state index contributed by atoms with van der Waals surface area (Å²) in [4.78, 5) is 2.66. The van der Waals surface area contributed by atoms with Gasteiger partial charge in [-0.1, -0.05) is 60.7 Å². The van der Waals surface area contributed by atoms with Crippen LogP contribution in [0.4, 0.5) is 13.2 Å². The highest BCUT2D eigenvalue weighted by Crippen LogP contribution is 2.62. The van der Waals surface area contributed by atoms with Crippen LogP contribution in [0.15, 0.2) is 78.9 Å². The molecule has 0 aromatic heterocycles. The van der Waals surface area contributed by atoms with Crippen molar-refractivity contribution in [2.45, 2.75) is 88.1 Å². The second-order valence-electron chi connectivity index (χ2n) is 11.7. The maximum absolute atomic E-state index is 13.1. The molecule has 1 spiro atoms. The summed E-state index contributed by atoms with van der Waals surface area (Å²) in [6.07, 6.45) is -0.172. The van der Waals surface area contributed by atoms with Crippen molar-refractivity contribution in [3.8, 4) is 11.5 Å². The molecule has 2 bridgehead atoms. The van der Waals surface area contributed by atoms with Gasteiger partial charge in [0.1, 0.15) is 11.5 Å². The first kappa shape index (κ1) is 27.2. The van der Waals surface area contributed by atoms with E-state index in [1.165, 1.54) is 23.3 Å². The Bertz CT molecular complexity index is 1320. The highest BCUT2D eigenvalue weighted by atomic mass is 19.4. The van der Waals surface area contributed by atoms with Crippen molar-refractivity contribution in [3.63, 3.8) is 0 Å². The zero-order valence-corrected chi connectivity index (χ0v) is 23.0. The van der Waals surface area contributed by atoms with Gasteiger partial charge in [-0.3, -0.25) is 4.90 Å². The van der Waals surface area contributed by atoms with Gasteiger partial charge in [0.2, 0.25) is 0 Å². The van der Waals surface area contributed by atoms with Crippen molar-refractivity contribution in [1.29, 1.82) is 0 Å². The minimum absolute atomic E-state index is 0.119. The molecule has 0 N–H and O–H groups in total. The van der Waals surface area contributed by atoms with Gasteiger partial charge < -0.3 is 14.2 Å². The van der Waals surface area contributed by atoms with E-state index >= 15 is 0 Å². The van der Waals surface area contributed by atoms with E-state index in [2.05, 4.69) is 58.2 Å². The molecule has 0 radical (unpaired) electrons. The van der Waals surface area contributed by atoms with Crippen LogP contribution in [0.1, 0.15) is 68.6 Å². The van der Waals surface area contributed by atoms with E-state index in [0.717, 1.165) is 32.2 Å². The summed E-state index contributed by atoms with van der Waals surface area (Å²) in [5.74, 6) is 0.236. The summed E-state index contributed by atoms with van der Waals surface area (Å²) in [6.45, 7) is 5.08. The van der Waals surface area contributed by atoms with Gasteiger partial charge in [0.05, 0.1) is 23.9 Å². The van der Waals surface area contributed by atoms with Gasteiger partial charge in [-0.25, -0.2) is 0 Å². The number of ether oxygens (including phenoxy) is 3. The third kappa shape index (κ3) is 4.88. The standard InChI is InChI=1S/C33H36F3NO3/c1-23(2)39-30-14-13-28(40-33(34,35)36)19-29(30)25-20-31(38-22-25)17-15-27-16-18-32(31,26-11-7-4-8-12-26)37(27)21-24-9-5-3-6-10-24/h3-14,19,23,25,27H,15-18,20-22H2,1-2H3. The fourth-order valence-electron chi connectivity index (χ4n) is 7.56. The molecule has 4 unspecified atom stereocenters. The van der Waals surface area contributed by atoms with E-state index in [9.17, 15) is 13.2 Å². The van der Waals surface area contributed by atoms with Crippen LogP contribution < -0.4 is 9.47 Å². The number of hydrogen-bond acceptors (Lipinski definition) is 4. The first-order chi connectivity index (χ1) is 19.2. The highest BCUT2D eigenvalue weighted by Gasteiger charge is 2.66. The summed E-state index contributed by atoms with van der Waals surface area (Å²) in [5, 5.41) is 0. The zero-order valence-electron chi connectivity index (χ0n) is 23.0. The highest BCUT2D eigenvalue weighted by molar-refractivity contribution is 5.45. The molecule has 0 aliphatic carbocycles. The Kier molecular flexibility index (Phi) is 7.07. The van der Waals surface area contributed by atoms with Crippen LogP contribution in [-0.2, 0) is 16.8 Å². The summed E-state index contributed by atoms with van der Waals surface area (Å²) in [7, 11) is 0. The van der Waals surface area contributed by atoms with Crippen LogP contribution in [0.2, 0.25) is 0 Å². The van der Waals surface area contributed by atoms with Crippen molar-refractivity contribution in [2.24, 2.45) is 0 Å². The van der Waals surface area contributed by atoms with Gasteiger partial charge in [-0.15, -0.1) is 13.2 Å². The van der Waals surface area contributed by atoms with Crippen LogP contribution in [0.5, 0.6) is 11.5 Å². The first-order valence-corrected chi connectivity index (χ1v) is 14.3. The summed E-state index contributed by atoms with van der Waals surface area (Å²) >= 11 is 0. The molecular formula is C33H36F3NO3. The van der Waals surface area contributed by atoms with E-state index in [1.54, 1.807) is 6.07 Å². The molecule has 40 heavy (non-hydrogen) atoms. The number of hydrogen-bond donors (Lipinski definition) is 0. The van der Waals surface area contributed by atoms with Gasteiger partial charge in [0, 0.05) is 24.1 Å². The lowest BCUT2D eigenvalue weighted by molar-refractivity contribution is -0.274. The molecule has 3 aliphatic heterocycles. The molecule has 3 aromatic carbocycles. The van der Waals surface area contributed by atoms with E-state index in [-0.39, 0.29) is 23.3 Å². The number of rotatable bonds is 7. The number of nitrogens with zero attached hydrogens (tertiary/aromatic N) is 1. The normalized spacial score (nSPS) is 28.4. The third-order valence-corrected chi connectivity index (χ3v) is 9.01. The fourth-order valence-corrected chi connectivity index (χ4v) is 7.56. The van der Waals surface area contributed by atoms with E-state index in [1.807, 2.05) is 26.0 Å². The molecule has 3 fully saturated rings. The lowest BCUT2D eigenvalue weighted by Crippen LogP contribution is -2.63. The predicted molar refractivity (Wildman–Crippen MR) is 147 cm³/mol. The second-order valence-corrected chi connectivity index (χ2v) is 11.7. The Morgan fingerprint density at radius 1 is 0.950 bits per heavy atom. The van der Waals surface area contributed by atoms with Crippen LogP contribution in [0.3, 0.4) is 0 Å². The minimum atomic E-state index is -4.76. The van der Waals surface area contributed by atoms with Gasteiger partial charge in [0.25, 0.3) is 0 Å². The molecule has 7 heteroatoms. The first-order valence-electron chi connectivity index (χ1n) is 14.3. The minimum Gasteiger partial charge on any atom is -0.491 e. The molecule has 6 rings (SSSR count). The molecule has 212 valence electrons. The third-order valence-electron chi connectivity index (χ3n) is 9.01. The van der Waals surface area contributed by atoms with Crippen LogP contribution >= 0.6 is 0 Å². The van der Waals surface area contributed by atoms with Crippen LogP contribution in [0.25, 0.3) is 0 Å². The number of benzene rings is 3. The second kappa shape index (κ2) is 10.4. The van der Waals surface area contributed by atoms with E-state index < -0.39 is 12.0 Å². The van der Waals surface area contributed by atoms with E-state index in [4.69, 9.17) is 9.47 Å². The van der Waals surface area contributed by atoms with Gasteiger partial charge in [0.15, 0.2) is 0 Å². The lowest BCUT2D eigenvalue weighted by Gasteiger charge is -2.56. The van der Waals surface area contributed by atoms with Gasteiger partial charge in [-0.2, -0.15) is 0 Å². The molecule has 3 heterocycles. The Morgan fingerprint density at radius 3 is 2.35 bits per heavy atom. The molecule has 3 saturated heterocycles. The molecular weight excluding hydrogens is 515 g/mol. The maximum Gasteiger partial charge on any atom is 0.573 e. The summed E-state index contributed by atoms with van der Waals surface area (Å²) < 4.78 is 56.7. The maximum atomic E-state index is 13.1. The Morgan fingerprint density at radius 2 is 1.65 bits per heavy atom. The van der Waals surface area contributed by atoms with Crippen molar-refractivity contribution >= 4 is 0 Å². The predicted octanol–water partition coefficient (Wildman–Crippen LogP) is 7.97. The molecule has 4 atom stereocenters. The zero-order chi connectivity index (χ0) is 28.0. The summed E-state index contributed by atoms with van der Waals surface area (Å²) in [6, 6.07) is 26.1. The van der Waals surface area contributed by atoms with Gasteiger partial charge in [-0.05, 0) is 75.3 Å². The average molecular weight is 552 g/mol. The van der Waals surface area contributed by atoms with Crippen LogP contribution in [-0.4, -0.2) is 35.6 Å². The Hall–Kier alpha value is -3.03. The number of halogens is 3.